The first-order valence-corrected chi connectivity index (χ1v) is 7.41. The van der Waals surface area contributed by atoms with Gasteiger partial charge in [0.2, 0.25) is 5.89 Å². The summed E-state index contributed by atoms with van der Waals surface area (Å²) < 4.78 is 4.92. The van der Waals surface area contributed by atoms with Crippen LogP contribution < -0.4 is 5.73 Å². The number of aryl methyl sites for hydroxylation is 1. The van der Waals surface area contributed by atoms with E-state index in [-0.39, 0.29) is 12.5 Å². The molecule has 7 nitrogen and oxygen atoms in total. The number of carbonyl (C=O) groups is 1. The maximum absolute atomic E-state index is 12.7. The van der Waals surface area contributed by atoms with Gasteiger partial charge in [0.05, 0.1) is 23.5 Å². The fourth-order valence-corrected chi connectivity index (χ4v) is 2.38. The molecule has 2 N–H and O–H groups in total. The number of hydrogen-bond donors (Lipinski definition) is 1. The van der Waals surface area contributed by atoms with E-state index in [2.05, 4.69) is 15.1 Å². The Kier molecular flexibility index (Phi) is 4.24. The largest absolute Gasteiger partial charge is 0.396 e. The van der Waals surface area contributed by atoms with Crippen LogP contribution in [0.5, 0.6) is 0 Å². The Morgan fingerprint density at radius 1 is 1.25 bits per heavy atom. The van der Waals surface area contributed by atoms with Gasteiger partial charge in [-0.3, -0.25) is 9.78 Å². The smallest absolute Gasteiger partial charge is 0.256 e. The highest BCUT2D eigenvalue weighted by atomic mass is 16.5. The summed E-state index contributed by atoms with van der Waals surface area (Å²) >= 11 is 0. The van der Waals surface area contributed by atoms with Crippen LogP contribution in [0.2, 0.25) is 0 Å². The molecule has 7 heteroatoms. The SMILES string of the molecule is Cc1nc(CN(C)C(=O)c2ccnc(-c3ccccc3)c2N)no1. The molecular formula is C17H17N5O2. The topological polar surface area (TPSA) is 98.1 Å². The Morgan fingerprint density at radius 2 is 2.00 bits per heavy atom. The standard InChI is InChI=1S/C17H17N5O2/c1-11-20-14(21-24-11)10-22(2)17(23)13-8-9-19-16(15(13)18)12-6-4-3-5-7-12/h3-9H,10,18H2,1-2H3. The number of rotatable bonds is 4. The van der Waals surface area contributed by atoms with E-state index in [1.54, 1.807) is 26.2 Å². The molecule has 1 amide bonds. The van der Waals surface area contributed by atoms with Gasteiger partial charge in [0.25, 0.3) is 5.91 Å². The quantitative estimate of drug-likeness (QED) is 0.791. The third kappa shape index (κ3) is 3.10. The van der Waals surface area contributed by atoms with E-state index in [1.807, 2.05) is 30.3 Å². The highest BCUT2D eigenvalue weighted by Gasteiger charge is 2.19. The number of nitrogen functional groups attached to an aromatic ring is 1. The van der Waals surface area contributed by atoms with Crippen LogP contribution in [0.15, 0.2) is 47.1 Å². The number of benzene rings is 1. The number of amides is 1. The van der Waals surface area contributed by atoms with Crippen molar-refractivity contribution in [2.24, 2.45) is 0 Å². The molecule has 0 fully saturated rings. The molecule has 0 spiro atoms. The maximum Gasteiger partial charge on any atom is 0.256 e. The molecule has 0 aliphatic rings. The first-order valence-electron chi connectivity index (χ1n) is 7.41. The minimum absolute atomic E-state index is 0.227. The lowest BCUT2D eigenvalue weighted by atomic mass is 10.1. The third-order valence-electron chi connectivity index (χ3n) is 3.56. The van der Waals surface area contributed by atoms with Crippen LogP contribution in [0.4, 0.5) is 5.69 Å². The van der Waals surface area contributed by atoms with Crippen molar-refractivity contribution < 1.29 is 9.32 Å². The number of pyridine rings is 1. The van der Waals surface area contributed by atoms with E-state index in [0.717, 1.165) is 5.56 Å². The van der Waals surface area contributed by atoms with Gasteiger partial charge in [-0.05, 0) is 6.07 Å². The Bertz CT molecular complexity index is 860. The summed E-state index contributed by atoms with van der Waals surface area (Å²) in [7, 11) is 1.66. The van der Waals surface area contributed by atoms with Crippen molar-refractivity contribution >= 4 is 11.6 Å². The van der Waals surface area contributed by atoms with Crippen molar-refractivity contribution in [1.82, 2.24) is 20.0 Å². The second-order valence-corrected chi connectivity index (χ2v) is 5.38. The molecule has 0 saturated heterocycles. The van der Waals surface area contributed by atoms with E-state index < -0.39 is 0 Å². The predicted molar refractivity (Wildman–Crippen MR) is 88.9 cm³/mol. The fraction of sp³-hybridized carbons (Fsp3) is 0.176. The normalized spacial score (nSPS) is 10.6. The van der Waals surface area contributed by atoms with Crippen LogP contribution in [-0.4, -0.2) is 33.0 Å². The highest BCUT2D eigenvalue weighted by Crippen LogP contribution is 2.26. The van der Waals surface area contributed by atoms with Crippen molar-refractivity contribution in [2.75, 3.05) is 12.8 Å². The van der Waals surface area contributed by atoms with E-state index in [1.165, 1.54) is 4.90 Å². The van der Waals surface area contributed by atoms with Crippen molar-refractivity contribution in [1.29, 1.82) is 0 Å². The minimum atomic E-state index is -0.227. The van der Waals surface area contributed by atoms with E-state index in [0.29, 0.717) is 28.7 Å². The van der Waals surface area contributed by atoms with Crippen molar-refractivity contribution in [3.63, 3.8) is 0 Å². The summed E-state index contributed by atoms with van der Waals surface area (Å²) in [6, 6.07) is 11.1. The average Bonchev–Trinajstić information content (AvgIpc) is 3.00. The number of carbonyl (C=O) groups excluding carboxylic acids is 1. The van der Waals surface area contributed by atoms with E-state index in [9.17, 15) is 4.79 Å². The number of aromatic nitrogens is 3. The molecule has 2 aromatic heterocycles. The van der Waals surface area contributed by atoms with Crippen molar-refractivity contribution in [2.45, 2.75) is 13.5 Å². The highest BCUT2D eigenvalue weighted by molar-refractivity contribution is 6.01. The zero-order valence-electron chi connectivity index (χ0n) is 13.4. The number of hydrogen-bond acceptors (Lipinski definition) is 6. The Hall–Kier alpha value is -3.22. The van der Waals surface area contributed by atoms with Gasteiger partial charge in [0.15, 0.2) is 5.82 Å². The minimum Gasteiger partial charge on any atom is -0.396 e. The molecule has 0 radical (unpaired) electrons. The molecule has 0 aliphatic carbocycles. The van der Waals surface area contributed by atoms with Gasteiger partial charge in [0.1, 0.15) is 0 Å². The Balaban J connectivity index is 1.87. The summed E-state index contributed by atoms with van der Waals surface area (Å²) in [4.78, 5) is 22.6. The number of nitrogens with two attached hydrogens (primary N) is 1. The van der Waals surface area contributed by atoms with Crippen LogP contribution in [0.1, 0.15) is 22.1 Å². The molecule has 2 heterocycles. The van der Waals surface area contributed by atoms with Crippen LogP contribution in [0.3, 0.4) is 0 Å². The van der Waals surface area contributed by atoms with Gasteiger partial charge in [0, 0.05) is 25.7 Å². The molecule has 0 saturated carbocycles. The van der Waals surface area contributed by atoms with E-state index >= 15 is 0 Å². The van der Waals surface area contributed by atoms with Gasteiger partial charge in [-0.25, -0.2) is 0 Å². The zero-order chi connectivity index (χ0) is 17.1. The van der Waals surface area contributed by atoms with Gasteiger partial charge in [-0.2, -0.15) is 4.98 Å². The molecule has 0 unspecified atom stereocenters. The molecule has 0 atom stereocenters. The molecule has 0 aliphatic heterocycles. The Labute approximate surface area is 139 Å². The summed E-state index contributed by atoms with van der Waals surface area (Å²) in [5.74, 6) is 0.675. The molecule has 122 valence electrons. The maximum atomic E-state index is 12.7. The van der Waals surface area contributed by atoms with Gasteiger partial charge in [-0.1, -0.05) is 35.5 Å². The van der Waals surface area contributed by atoms with Gasteiger partial charge < -0.3 is 15.2 Å². The second kappa shape index (κ2) is 6.49. The molecule has 3 aromatic rings. The van der Waals surface area contributed by atoms with Crippen LogP contribution in [-0.2, 0) is 6.54 Å². The molecule has 3 rings (SSSR count). The second-order valence-electron chi connectivity index (χ2n) is 5.38. The lowest BCUT2D eigenvalue weighted by Gasteiger charge is -2.17. The summed E-state index contributed by atoms with van der Waals surface area (Å²) in [6.07, 6.45) is 1.58. The summed E-state index contributed by atoms with van der Waals surface area (Å²) in [6.45, 7) is 1.93. The van der Waals surface area contributed by atoms with Crippen LogP contribution >= 0.6 is 0 Å². The molecule has 1 aromatic carbocycles. The summed E-state index contributed by atoms with van der Waals surface area (Å²) in [5.41, 5.74) is 8.39. The van der Waals surface area contributed by atoms with Crippen LogP contribution in [0.25, 0.3) is 11.3 Å². The van der Waals surface area contributed by atoms with Gasteiger partial charge >= 0.3 is 0 Å². The fourth-order valence-electron chi connectivity index (χ4n) is 2.38. The number of anilines is 1. The van der Waals surface area contributed by atoms with Crippen molar-refractivity contribution in [3.8, 4) is 11.3 Å². The monoisotopic (exact) mass is 323 g/mol. The molecular weight excluding hydrogens is 306 g/mol. The summed E-state index contributed by atoms with van der Waals surface area (Å²) in [5, 5.41) is 3.80. The molecule has 24 heavy (non-hydrogen) atoms. The predicted octanol–water partition coefficient (Wildman–Crippen LogP) is 2.29. The zero-order valence-corrected chi connectivity index (χ0v) is 13.4. The lowest BCUT2D eigenvalue weighted by Crippen LogP contribution is -2.27. The van der Waals surface area contributed by atoms with E-state index in [4.69, 9.17) is 10.3 Å². The third-order valence-corrected chi connectivity index (χ3v) is 3.56. The Morgan fingerprint density at radius 3 is 2.67 bits per heavy atom. The lowest BCUT2D eigenvalue weighted by molar-refractivity contribution is 0.0781. The first-order chi connectivity index (χ1) is 11.6. The number of nitrogens with zero attached hydrogens (tertiary/aromatic N) is 4. The molecule has 0 bridgehead atoms. The van der Waals surface area contributed by atoms with Gasteiger partial charge in [-0.15, -0.1) is 0 Å². The van der Waals surface area contributed by atoms with Crippen LogP contribution in [0, 0.1) is 6.92 Å². The average molecular weight is 323 g/mol. The first kappa shape index (κ1) is 15.7. The van der Waals surface area contributed by atoms with Crippen molar-refractivity contribution in [3.05, 3.63) is 59.9 Å².